The van der Waals surface area contributed by atoms with Gasteiger partial charge in [-0.15, -0.1) is 0 Å². The third kappa shape index (κ3) is 4.16. The number of nitrogens with one attached hydrogen (secondary N) is 1. The summed E-state index contributed by atoms with van der Waals surface area (Å²) in [6.45, 7) is 6.43. The molecule has 3 N–H and O–H groups in total. The van der Waals surface area contributed by atoms with Gasteiger partial charge in [-0.3, -0.25) is 9.79 Å². The molecule has 1 aromatic heterocycles. The summed E-state index contributed by atoms with van der Waals surface area (Å²) < 4.78 is 5.31. The van der Waals surface area contributed by atoms with Crippen LogP contribution in [0.5, 0.6) is 0 Å². The summed E-state index contributed by atoms with van der Waals surface area (Å²) in [4.78, 5) is 23.3. The zero-order valence-corrected chi connectivity index (χ0v) is 16.9. The highest BCUT2D eigenvalue weighted by Crippen LogP contribution is 2.31. The van der Waals surface area contributed by atoms with E-state index in [0.29, 0.717) is 5.82 Å². The highest BCUT2D eigenvalue weighted by Gasteiger charge is 2.40. The Hall–Kier alpha value is -2.77. The summed E-state index contributed by atoms with van der Waals surface area (Å²) >= 11 is 0. The number of ether oxygens (including phenoxy) is 1. The smallest absolute Gasteiger partial charge is 0.231 e. The molecule has 1 amide bonds. The molecule has 2 aliphatic rings. The Kier molecular flexibility index (Phi) is 5.34. The van der Waals surface area contributed by atoms with Crippen molar-refractivity contribution in [1.82, 2.24) is 9.88 Å². The van der Waals surface area contributed by atoms with Gasteiger partial charge in [0, 0.05) is 61.7 Å². The SMILES string of the molecule is CN=CC(=CN)c1ccc2cnc(NC(=O)C3CN(CC4(C)COC4)C3)cc2c1. The minimum absolute atomic E-state index is 0.0102. The molecule has 0 atom stereocenters. The Morgan fingerprint density at radius 1 is 1.38 bits per heavy atom. The molecule has 0 radical (unpaired) electrons. The van der Waals surface area contributed by atoms with Crippen LogP contribution in [0.25, 0.3) is 16.3 Å². The van der Waals surface area contributed by atoms with E-state index in [1.54, 1.807) is 19.5 Å². The zero-order valence-electron chi connectivity index (χ0n) is 16.9. The average molecular weight is 393 g/mol. The Balaban J connectivity index is 1.41. The second-order valence-electron chi connectivity index (χ2n) is 8.32. The van der Waals surface area contributed by atoms with Crippen LogP contribution in [-0.4, -0.2) is 61.9 Å². The van der Waals surface area contributed by atoms with Gasteiger partial charge >= 0.3 is 0 Å². The van der Waals surface area contributed by atoms with Crippen molar-refractivity contribution in [3.63, 3.8) is 0 Å². The number of fused-ring (bicyclic) bond motifs is 1. The van der Waals surface area contributed by atoms with Crippen LogP contribution in [0.15, 0.2) is 41.7 Å². The topological polar surface area (TPSA) is 92.8 Å². The maximum absolute atomic E-state index is 12.6. The fourth-order valence-corrected chi connectivity index (χ4v) is 3.92. The summed E-state index contributed by atoms with van der Waals surface area (Å²) in [6, 6.07) is 7.90. The van der Waals surface area contributed by atoms with Gasteiger partial charge in [0.25, 0.3) is 0 Å². The molecule has 3 heterocycles. The number of anilines is 1. The van der Waals surface area contributed by atoms with Gasteiger partial charge in [0.05, 0.1) is 19.1 Å². The van der Waals surface area contributed by atoms with E-state index in [2.05, 4.69) is 27.1 Å². The fraction of sp³-hybridized carbons (Fsp3) is 0.409. The zero-order chi connectivity index (χ0) is 20.4. The average Bonchev–Trinajstić information content (AvgIpc) is 2.66. The summed E-state index contributed by atoms with van der Waals surface area (Å²) in [5.41, 5.74) is 7.78. The van der Waals surface area contributed by atoms with E-state index in [1.807, 2.05) is 24.3 Å². The van der Waals surface area contributed by atoms with Crippen LogP contribution in [0.1, 0.15) is 12.5 Å². The molecule has 4 rings (SSSR count). The van der Waals surface area contributed by atoms with Gasteiger partial charge in [-0.05, 0) is 23.1 Å². The van der Waals surface area contributed by atoms with Crippen molar-refractivity contribution in [3.05, 3.63) is 42.2 Å². The lowest BCUT2D eigenvalue weighted by molar-refractivity contribution is -0.137. The number of carbonyl (C=O) groups excluding carboxylic acids is 1. The molecule has 0 bridgehead atoms. The minimum atomic E-state index is 0.0102. The predicted octanol–water partition coefficient (Wildman–Crippen LogP) is 2.14. The summed E-state index contributed by atoms with van der Waals surface area (Å²) in [6.07, 6.45) is 5.04. The number of carbonyl (C=O) groups is 1. The van der Waals surface area contributed by atoms with Crippen molar-refractivity contribution in [2.45, 2.75) is 6.92 Å². The fourth-order valence-electron chi connectivity index (χ4n) is 3.92. The minimum Gasteiger partial charge on any atom is -0.404 e. The largest absolute Gasteiger partial charge is 0.404 e. The molecule has 2 aromatic rings. The van der Waals surface area contributed by atoms with Crippen LogP contribution in [0.4, 0.5) is 5.82 Å². The number of hydrogen-bond donors (Lipinski definition) is 2. The molecule has 2 fully saturated rings. The highest BCUT2D eigenvalue weighted by molar-refractivity contribution is 6.10. The molecule has 1 aromatic carbocycles. The number of hydrogen-bond acceptors (Lipinski definition) is 6. The molecule has 29 heavy (non-hydrogen) atoms. The normalized spacial score (nSPS) is 19.9. The Morgan fingerprint density at radius 3 is 2.83 bits per heavy atom. The standard InChI is InChI=1S/C22H27N5O2/c1-22(13-29-14-22)12-27-10-19(11-27)21(28)26-20-6-17-5-15(18(7-23)8-24-2)3-4-16(17)9-25-20/h3-9,19H,10-14,23H2,1-2H3,(H,25,26,28). The molecular formula is C22H27N5O2. The number of aromatic nitrogens is 1. The van der Waals surface area contributed by atoms with E-state index in [9.17, 15) is 4.79 Å². The van der Waals surface area contributed by atoms with Crippen molar-refractivity contribution in [3.8, 4) is 0 Å². The predicted molar refractivity (Wildman–Crippen MR) is 116 cm³/mol. The van der Waals surface area contributed by atoms with E-state index < -0.39 is 0 Å². The monoisotopic (exact) mass is 393 g/mol. The second kappa shape index (κ2) is 7.93. The molecule has 152 valence electrons. The quantitative estimate of drug-likeness (QED) is 0.734. The third-order valence-electron chi connectivity index (χ3n) is 5.59. The van der Waals surface area contributed by atoms with Gasteiger partial charge in [0.1, 0.15) is 5.82 Å². The van der Waals surface area contributed by atoms with Crippen molar-refractivity contribution in [1.29, 1.82) is 0 Å². The lowest BCUT2D eigenvalue weighted by atomic mass is 9.85. The van der Waals surface area contributed by atoms with E-state index in [0.717, 1.165) is 54.8 Å². The first kappa shape index (κ1) is 19.5. The van der Waals surface area contributed by atoms with Crippen molar-refractivity contribution >= 4 is 34.3 Å². The molecule has 0 unspecified atom stereocenters. The number of nitrogens with zero attached hydrogens (tertiary/aromatic N) is 3. The molecule has 7 nitrogen and oxygen atoms in total. The lowest BCUT2D eigenvalue weighted by Crippen LogP contribution is -2.58. The van der Waals surface area contributed by atoms with Crippen LogP contribution in [0.3, 0.4) is 0 Å². The number of allylic oxidation sites excluding steroid dienone is 1. The van der Waals surface area contributed by atoms with Crippen LogP contribution < -0.4 is 11.1 Å². The summed E-state index contributed by atoms with van der Waals surface area (Å²) in [5, 5.41) is 4.96. The summed E-state index contributed by atoms with van der Waals surface area (Å²) in [5.74, 6) is 0.607. The number of pyridine rings is 1. The number of aliphatic imine (C=N–C) groups is 1. The molecule has 7 heteroatoms. The Bertz CT molecular complexity index is 974. The Labute approximate surface area is 170 Å². The number of rotatable bonds is 6. The maximum Gasteiger partial charge on any atom is 0.231 e. The maximum atomic E-state index is 12.6. The van der Waals surface area contributed by atoms with E-state index in [1.165, 1.54) is 6.20 Å². The number of likely N-dealkylation sites (tertiary alicyclic amines) is 1. The highest BCUT2D eigenvalue weighted by atomic mass is 16.5. The molecule has 2 aliphatic heterocycles. The lowest BCUT2D eigenvalue weighted by Gasteiger charge is -2.47. The van der Waals surface area contributed by atoms with Crippen molar-refractivity contribution in [2.75, 3.05) is 45.2 Å². The van der Waals surface area contributed by atoms with Crippen LogP contribution in [0, 0.1) is 11.3 Å². The van der Waals surface area contributed by atoms with E-state index in [4.69, 9.17) is 10.5 Å². The third-order valence-corrected chi connectivity index (χ3v) is 5.59. The molecule has 0 saturated carbocycles. The molecule has 0 aliphatic carbocycles. The van der Waals surface area contributed by atoms with Gasteiger partial charge < -0.3 is 20.7 Å². The summed E-state index contributed by atoms with van der Waals surface area (Å²) in [7, 11) is 1.71. The van der Waals surface area contributed by atoms with Gasteiger partial charge in [0.15, 0.2) is 0 Å². The van der Waals surface area contributed by atoms with Crippen LogP contribution >= 0.6 is 0 Å². The van der Waals surface area contributed by atoms with Gasteiger partial charge in [-0.25, -0.2) is 4.98 Å². The van der Waals surface area contributed by atoms with Gasteiger partial charge in [-0.1, -0.05) is 19.1 Å². The first-order chi connectivity index (χ1) is 14.0. The molecule has 0 spiro atoms. The molecule has 2 saturated heterocycles. The van der Waals surface area contributed by atoms with E-state index >= 15 is 0 Å². The van der Waals surface area contributed by atoms with Crippen molar-refractivity contribution < 1.29 is 9.53 Å². The first-order valence-corrected chi connectivity index (χ1v) is 9.85. The molecular weight excluding hydrogens is 366 g/mol. The van der Waals surface area contributed by atoms with Crippen LogP contribution in [-0.2, 0) is 9.53 Å². The number of amides is 1. The van der Waals surface area contributed by atoms with Crippen LogP contribution in [0.2, 0.25) is 0 Å². The van der Waals surface area contributed by atoms with E-state index in [-0.39, 0.29) is 17.2 Å². The van der Waals surface area contributed by atoms with Gasteiger partial charge in [0.2, 0.25) is 5.91 Å². The number of benzene rings is 1. The Morgan fingerprint density at radius 2 is 2.17 bits per heavy atom. The second-order valence-corrected chi connectivity index (χ2v) is 8.32. The first-order valence-electron chi connectivity index (χ1n) is 9.85. The van der Waals surface area contributed by atoms with Crippen molar-refractivity contribution in [2.24, 2.45) is 22.1 Å². The van der Waals surface area contributed by atoms with Gasteiger partial charge in [-0.2, -0.15) is 0 Å². The number of nitrogens with two attached hydrogens (primary N) is 1.